The lowest BCUT2D eigenvalue weighted by atomic mass is 9.58. The summed E-state index contributed by atoms with van der Waals surface area (Å²) < 4.78 is 24.0. The average Bonchev–Trinajstić information content (AvgIpc) is 3.30. The molecule has 206 valence electrons. The van der Waals surface area contributed by atoms with Gasteiger partial charge in [-0.1, -0.05) is 54.7 Å². The fourth-order valence-corrected chi connectivity index (χ4v) is 7.41. The number of fused-ring (bicyclic) bond motifs is 6. The van der Waals surface area contributed by atoms with E-state index < -0.39 is 23.1 Å². The van der Waals surface area contributed by atoms with Crippen molar-refractivity contribution in [2.45, 2.75) is 37.5 Å². The van der Waals surface area contributed by atoms with Crippen LogP contribution in [-0.2, 0) is 10.2 Å². The second-order valence-corrected chi connectivity index (χ2v) is 11.5. The van der Waals surface area contributed by atoms with Gasteiger partial charge in [-0.15, -0.1) is 0 Å². The topological polar surface area (TPSA) is 91.2 Å². The van der Waals surface area contributed by atoms with Gasteiger partial charge in [-0.3, -0.25) is 13.1 Å². The largest absolute Gasteiger partial charge is 0.495 e. The number of nitrogens with zero attached hydrogens (tertiary/aromatic N) is 1. The van der Waals surface area contributed by atoms with Crippen LogP contribution in [0.25, 0.3) is 11.1 Å². The van der Waals surface area contributed by atoms with E-state index in [0.29, 0.717) is 46.0 Å². The maximum atomic E-state index is 16.0. The quantitative estimate of drug-likeness (QED) is 0.204. The number of anilines is 1. The highest BCUT2D eigenvalue weighted by atomic mass is 127. The van der Waals surface area contributed by atoms with Crippen LogP contribution in [0.2, 0.25) is 10.0 Å². The van der Waals surface area contributed by atoms with Gasteiger partial charge in [0.1, 0.15) is 11.6 Å². The first kappa shape index (κ1) is 28.7. The zero-order valence-corrected chi connectivity index (χ0v) is 25.3. The number of amides is 2. The highest BCUT2D eigenvalue weighted by Crippen LogP contribution is 2.65. The van der Waals surface area contributed by atoms with Crippen LogP contribution in [-0.4, -0.2) is 18.9 Å². The number of hydrogen-bond acceptors (Lipinski definition) is 4. The number of nitrogens with one attached hydrogen (secondary N) is 2. The molecule has 1 saturated carbocycles. The Hall–Kier alpha value is -2.87. The molecule has 0 heterocycles. The van der Waals surface area contributed by atoms with Gasteiger partial charge in [-0.05, 0) is 60.2 Å². The van der Waals surface area contributed by atoms with Crippen LogP contribution in [0.4, 0.5) is 10.1 Å². The monoisotopic (exact) mass is 691 g/mol. The van der Waals surface area contributed by atoms with Crippen LogP contribution < -0.4 is 13.6 Å². The molecule has 10 heteroatoms. The van der Waals surface area contributed by atoms with E-state index in [1.807, 2.05) is 13.0 Å². The molecule has 2 aliphatic carbocycles. The second kappa shape index (κ2) is 11.2. The summed E-state index contributed by atoms with van der Waals surface area (Å²) in [6.07, 6.45) is 1.74. The third kappa shape index (κ3) is 4.34. The Morgan fingerprint density at radius 1 is 1.20 bits per heavy atom. The Kier molecular flexibility index (Phi) is 8.01. The molecule has 4 atom stereocenters. The number of hydrogen-bond donors (Lipinski definition) is 2. The molecule has 0 radical (unpaired) electrons. The minimum absolute atomic E-state index is 0.0776. The molecule has 40 heavy (non-hydrogen) atoms. The van der Waals surface area contributed by atoms with Crippen molar-refractivity contribution < 1.29 is 18.7 Å². The summed E-state index contributed by atoms with van der Waals surface area (Å²) in [6, 6.07) is 15.8. The number of halogens is 4. The highest BCUT2D eigenvalue weighted by molar-refractivity contribution is 14.1. The Bertz CT molecular complexity index is 1580. The second-order valence-electron chi connectivity index (χ2n) is 10.1. The molecular weight excluding hydrogens is 667 g/mol. The molecule has 0 bridgehead atoms. The van der Waals surface area contributed by atoms with Gasteiger partial charge in [0.05, 0.1) is 52.2 Å². The molecule has 1 fully saturated rings. The van der Waals surface area contributed by atoms with E-state index in [-0.39, 0.29) is 28.3 Å². The molecule has 3 aromatic carbocycles. The van der Waals surface area contributed by atoms with E-state index in [1.54, 1.807) is 59.3 Å². The van der Waals surface area contributed by atoms with Crippen molar-refractivity contribution in [1.82, 2.24) is 3.53 Å². The number of carbonyl (C=O) groups is 2. The first-order valence-electron chi connectivity index (χ1n) is 12.8. The normalized spacial score (nSPS) is 22.4. The molecule has 6 nitrogen and oxygen atoms in total. The smallest absolute Gasteiger partial charge is 0.260 e. The number of nitriles is 1. The zero-order valence-electron chi connectivity index (χ0n) is 21.7. The highest BCUT2D eigenvalue weighted by Gasteiger charge is 2.62. The summed E-state index contributed by atoms with van der Waals surface area (Å²) in [5.74, 6) is -2.62. The summed E-state index contributed by atoms with van der Waals surface area (Å²) in [5.41, 5.74) is 1.54. The van der Waals surface area contributed by atoms with Crippen molar-refractivity contribution in [3.8, 4) is 22.9 Å². The number of rotatable bonds is 6. The van der Waals surface area contributed by atoms with Crippen LogP contribution in [0, 0.1) is 29.0 Å². The third-order valence-electron chi connectivity index (χ3n) is 8.20. The molecule has 0 saturated heterocycles. The van der Waals surface area contributed by atoms with E-state index in [4.69, 9.17) is 27.9 Å². The third-order valence-corrected chi connectivity index (χ3v) is 9.30. The molecule has 3 aromatic rings. The minimum Gasteiger partial charge on any atom is -0.495 e. The summed E-state index contributed by atoms with van der Waals surface area (Å²) in [7, 11) is 1.45. The van der Waals surface area contributed by atoms with E-state index in [9.17, 15) is 14.9 Å². The molecule has 0 aliphatic heterocycles. The molecule has 0 spiro atoms. The lowest BCUT2D eigenvalue weighted by Gasteiger charge is -2.42. The minimum atomic E-state index is -1.33. The number of methoxy groups -OCH3 is 1. The van der Waals surface area contributed by atoms with Gasteiger partial charge in [0.2, 0.25) is 5.91 Å². The van der Waals surface area contributed by atoms with Crippen LogP contribution in [0.5, 0.6) is 5.75 Å². The maximum Gasteiger partial charge on any atom is 0.260 e. The van der Waals surface area contributed by atoms with E-state index in [2.05, 4.69) is 14.9 Å². The van der Waals surface area contributed by atoms with Gasteiger partial charge >= 0.3 is 0 Å². The van der Waals surface area contributed by atoms with Crippen LogP contribution in [0.1, 0.15) is 53.6 Å². The van der Waals surface area contributed by atoms with Gasteiger partial charge in [0.25, 0.3) is 5.91 Å². The maximum absolute atomic E-state index is 16.0. The summed E-state index contributed by atoms with van der Waals surface area (Å²) in [4.78, 5) is 26.2. The molecule has 2 aliphatic rings. The van der Waals surface area contributed by atoms with Crippen molar-refractivity contribution in [3.63, 3.8) is 0 Å². The van der Waals surface area contributed by atoms with E-state index >= 15 is 4.39 Å². The van der Waals surface area contributed by atoms with Crippen LogP contribution >= 0.6 is 46.1 Å². The lowest BCUT2D eigenvalue weighted by molar-refractivity contribution is -0.120. The predicted molar refractivity (Wildman–Crippen MR) is 162 cm³/mol. The molecular formula is C30H25Cl2FIN3O3. The van der Waals surface area contributed by atoms with E-state index in [0.717, 1.165) is 12.0 Å². The number of benzene rings is 3. The Morgan fingerprint density at radius 3 is 2.65 bits per heavy atom. The summed E-state index contributed by atoms with van der Waals surface area (Å²) in [5, 5.41) is 14.2. The zero-order chi connectivity index (χ0) is 28.8. The predicted octanol–water partition coefficient (Wildman–Crippen LogP) is 7.82. The fourth-order valence-electron chi connectivity index (χ4n) is 6.65. The number of carbonyl (C=O) groups excluding carboxylic acids is 2. The molecule has 5 rings (SSSR count). The average molecular weight is 692 g/mol. The SMILES string of the molecule is CCC[C@@H]1C[C@@H](C(=O)Nc2ccc(C(=O)NI)cc2OC)[C@@H]2c3cccc(Cl)c3-c3ccc(Cl)c(F)c3[C@@]12C#N. The van der Waals surface area contributed by atoms with Gasteiger partial charge < -0.3 is 10.1 Å². The van der Waals surface area contributed by atoms with Crippen molar-refractivity contribution in [3.05, 3.63) is 81.1 Å². The van der Waals surface area contributed by atoms with Crippen molar-refractivity contribution >= 4 is 63.6 Å². The van der Waals surface area contributed by atoms with Crippen LogP contribution in [0.3, 0.4) is 0 Å². The van der Waals surface area contributed by atoms with Crippen molar-refractivity contribution in [2.24, 2.45) is 11.8 Å². The fraction of sp³-hybridized carbons (Fsp3) is 0.300. The molecule has 2 N–H and O–H groups in total. The molecule has 2 amide bonds. The van der Waals surface area contributed by atoms with Gasteiger partial charge in [0, 0.05) is 33.5 Å². The lowest BCUT2D eigenvalue weighted by Crippen LogP contribution is -2.41. The van der Waals surface area contributed by atoms with Crippen molar-refractivity contribution in [1.29, 1.82) is 5.26 Å². The van der Waals surface area contributed by atoms with Gasteiger partial charge in [-0.2, -0.15) is 5.26 Å². The number of ether oxygens (including phenoxy) is 1. The molecule has 0 unspecified atom stereocenters. The van der Waals surface area contributed by atoms with E-state index in [1.165, 1.54) is 13.2 Å². The Balaban J connectivity index is 1.67. The summed E-state index contributed by atoms with van der Waals surface area (Å²) in [6.45, 7) is 2.01. The van der Waals surface area contributed by atoms with Gasteiger partial charge in [-0.25, -0.2) is 4.39 Å². The summed E-state index contributed by atoms with van der Waals surface area (Å²) >= 11 is 14.7. The first-order chi connectivity index (χ1) is 19.2. The van der Waals surface area contributed by atoms with Gasteiger partial charge in [0.15, 0.2) is 0 Å². The Labute approximate surface area is 255 Å². The van der Waals surface area contributed by atoms with Crippen LogP contribution in [0.15, 0.2) is 48.5 Å². The first-order valence-corrected chi connectivity index (χ1v) is 14.6. The Morgan fingerprint density at radius 2 is 1.98 bits per heavy atom. The van der Waals surface area contributed by atoms with Crippen molar-refractivity contribution in [2.75, 3.05) is 12.4 Å². The molecule has 0 aromatic heterocycles. The standard InChI is InChI=1S/C30H25Cl2FIN3O3/c1-3-5-16-13-19(29(39)36-22-11-8-15(28(38)37-34)12-23(22)40-2)25-17-6-4-7-20(31)24(17)18-9-10-21(32)27(33)26(18)30(16,25)14-35/h4,6-12,16,19,25H,3,5,13H2,1-2H3,(H,36,39)(H,37,38)/t16-,19-,25+,30+/m1/s1.